The fourth-order valence-corrected chi connectivity index (χ4v) is 2.57. The first-order chi connectivity index (χ1) is 11.2. The van der Waals surface area contributed by atoms with E-state index in [4.69, 9.17) is 10.5 Å². The van der Waals surface area contributed by atoms with E-state index >= 15 is 0 Å². The van der Waals surface area contributed by atoms with E-state index in [9.17, 15) is 14.4 Å². The quantitative estimate of drug-likeness (QED) is 0.745. The van der Waals surface area contributed by atoms with Crippen LogP contribution in [-0.2, 0) is 9.53 Å². The first-order valence-electron chi connectivity index (χ1n) is 7.60. The maximum absolute atomic E-state index is 12.4. The second-order valence-electron chi connectivity index (χ2n) is 6.15. The summed E-state index contributed by atoms with van der Waals surface area (Å²) in [6, 6.07) is 4.65. The average molecular weight is 331 g/mol. The summed E-state index contributed by atoms with van der Waals surface area (Å²) >= 11 is 0. The molecule has 1 atom stereocenters. The van der Waals surface area contributed by atoms with E-state index < -0.39 is 24.0 Å². The number of aromatic nitrogens is 1. The summed E-state index contributed by atoms with van der Waals surface area (Å²) in [5, 5.41) is 2.85. The van der Waals surface area contributed by atoms with Gasteiger partial charge in [0.05, 0.1) is 0 Å². The molecule has 1 aromatic heterocycles. The average Bonchev–Trinajstić information content (AvgIpc) is 2.87. The highest BCUT2D eigenvalue weighted by molar-refractivity contribution is 5.99. The van der Waals surface area contributed by atoms with Crippen LogP contribution in [0.2, 0.25) is 0 Å². The van der Waals surface area contributed by atoms with Crippen LogP contribution in [0.1, 0.15) is 35.5 Å². The van der Waals surface area contributed by atoms with E-state index in [0.29, 0.717) is 0 Å². The van der Waals surface area contributed by atoms with Crippen molar-refractivity contribution in [2.75, 3.05) is 0 Å². The molecule has 4 N–H and O–H groups in total. The van der Waals surface area contributed by atoms with Gasteiger partial charge in [-0.05, 0) is 43.0 Å². The lowest BCUT2D eigenvalue weighted by Crippen LogP contribution is -2.45. The van der Waals surface area contributed by atoms with Crippen molar-refractivity contribution in [1.29, 1.82) is 0 Å². The zero-order valence-electron chi connectivity index (χ0n) is 14.1. The van der Waals surface area contributed by atoms with E-state index in [1.54, 1.807) is 19.9 Å². The van der Waals surface area contributed by atoms with Crippen LogP contribution in [0.25, 0.3) is 10.9 Å². The third-order valence-corrected chi connectivity index (χ3v) is 3.65. The van der Waals surface area contributed by atoms with E-state index in [0.717, 1.165) is 22.0 Å². The number of urea groups is 1. The molecule has 0 aliphatic heterocycles. The third-order valence-electron chi connectivity index (χ3n) is 3.65. The Labute approximate surface area is 139 Å². The summed E-state index contributed by atoms with van der Waals surface area (Å²) in [5.74, 6) is -1.72. The van der Waals surface area contributed by atoms with Crippen molar-refractivity contribution in [1.82, 2.24) is 10.3 Å². The van der Waals surface area contributed by atoms with Crippen LogP contribution in [0.5, 0.6) is 0 Å². The molecule has 0 aliphatic rings. The fraction of sp³-hybridized carbons (Fsp3) is 0.353. The number of benzene rings is 1. The zero-order chi connectivity index (χ0) is 18.0. The van der Waals surface area contributed by atoms with Crippen LogP contribution in [-0.4, -0.2) is 29.0 Å². The second kappa shape index (κ2) is 6.74. The van der Waals surface area contributed by atoms with Gasteiger partial charge in [-0.3, -0.25) is 10.1 Å². The van der Waals surface area contributed by atoms with Crippen LogP contribution < -0.4 is 11.1 Å². The highest BCUT2D eigenvalue weighted by Crippen LogP contribution is 2.22. The summed E-state index contributed by atoms with van der Waals surface area (Å²) in [7, 11) is 0. The third kappa shape index (κ3) is 3.73. The van der Waals surface area contributed by atoms with Crippen LogP contribution >= 0.6 is 0 Å². The lowest BCUT2D eigenvalue weighted by Gasteiger charge is -2.19. The number of esters is 1. The van der Waals surface area contributed by atoms with E-state index in [2.05, 4.69) is 4.98 Å². The molecule has 3 amide bonds. The molecule has 2 rings (SSSR count). The number of rotatable bonds is 4. The summed E-state index contributed by atoms with van der Waals surface area (Å²) < 4.78 is 5.27. The van der Waals surface area contributed by atoms with Gasteiger partial charge in [-0.2, -0.15) is 0 Å². The SMILES string of the molecule is Cc1cc(C)c2cc(C(=O)O[C@@H](C(=O)NC(N)=O)C(C)C)[nH]c2c1. The lowest BCUT2D eigenvalue weighted by molar-refractivity contribution is -0.130. The highest BCUT2D eigenvalue weighted by atomic mass is 16.5. The first-order valence-corrected chi connectivity index (χ1v) is 7.60. The number of carbonyl (C=O) groups is 3. The number of nitrogens with one attached hydrogen (secondary N) is 2. The molecular formula is C17H21N3O4. The Morgan fingerprint density at radius 2 is 1.83 bits per heavy atom. The number of fused-ring (bicyclic) bond motifs is 1. The molecule has 0 saturated carbocycles. The molecule has 0 bridgehead atoms. The molecule has 1 heterocycles. The Bertz CT molecular complexity index is 808. The van der Waals surface area contributed by atoms with Gasteiger partial charge in [0.1, 0.15) is 5.69 Å². The molecule has 0 saturated heterocycles. The van der Waals surface area contributed by atoms with Crippen LogP contribution in [0.15, 0.2) is 18.2 Å². The number of carbonyl (C=O) groups excluding carboxylic acids is 3. The molecule has 7 heteroatoms. The summed E-state index contributed by atoms with van der Waals surface area (Å²) in [6.45, 7) is 7.33. The summed E-state index contributed by atoms with van der Waals surface area (Å²) in [4.78, 5) is 38.1. The summed E-state index contributed by atoms with van der Waals surface area (Å²) in [5.41, 5.74) is 8.11. The molecule has 0 spiro atoms. The minimum Gasteiger partial charge on any atom is -0.447 e. The number of amides is 3. The minimum atomic E-state index is -1.11. The van der Waals surface area contributed by atoms with Gasteiger partial charge in [-0.1, -0.05) is 19.9 Å². The van der Waals surface area contributed by atoms with Crippen molar-refractivity contribution in [3.05, 3.63) is 35.0 Å². The highest BCUT2D eigenvalue weighted by Gasteiger charge is 2.28. The van der Waals surface area contributed by atoms with Gasteiger partial charge in [0.25, 0.3) is 5.91 Å². The van der Waals surface area contributed by atoms with Gasteiger partial charge in [0.2, 0.25) is 0 Å². The van der Waals surface area contributed by atoms with Crippen molar-refractivity contribution in [3.63, 3.8) is 0 Å². The maximum Gasteiger partial charge on any atom is 0.355 e. The number of hydrogen-bond acceptors (Lipinski definition) is 4. The number of H-pyrrole nitrogens is 1. The molecule has 0 aliphatic carbocycles. The predicted molar refractivity (Wildman–Crippen MR) is 89.5 cm³/mol. The number of aryl methyl sites for hydroxylation is 2. The maximum atomic E-state index is 12.4. The topological polar surface area (TPSA) is 114 Å². The predicted octanol–water partition coefficient (Wildman–Crippen LogP) is 2.16. The Balaban J connectivity index is 2.25. The lowest BCUT2D eigenvalue weighted by atomic mass is 10.1. The Morgan fingerprint density at radius 3 is 2.42 bits per heavy atom. The standard InChI is InChI=1S/C17H21N3O4/c1-8(2)14(15(21)20-17(18)23)24-16(22)13-7-11-10(4)5-9(3)6-12(11)19-13/h5-8,14,19H,1-4H3,(H3,18,20,21,23)/t14-/m1/s1. The normalized spacial score (nSPS) is 12.2. The Kier molecular flexibility index (Phi) is 4.92. The van der Waals surface area contributed by atoms with Gasteiger partial charge in [-0.15, -0.1) is 0 Å². The van der Waals surface area contributed by atoms with Crippen molar-refractivity contribution in [3.8, 4) is 0 Å². The molecule has 0 radical (unpaired) electrons. The monoisotopic (exact) mass is 331 g/mol. The van der Waals surface area contributed by atoms with Gasteiger partial charge >= 0.3 is 12.0 Å². The van der Waals surface area contributed by atoms with Crippen molar-refractivity contribution in [2.45, 2.75) is 33.8 Å². The molecule has 7 nitrogen and oxygen atoms in total. The minimum absolute atomic E-state index is 0.247. The molecule has 0 fully saturated rings. The van der Waals surface area contributed by atoms with Crippen molar-refractivity contribution in [2.24, 2.45) is 11.7 Å². The molecule has 128 valence electrons. The number of ether oxygens (including phenoxy) is 1. The van der Waals surface area contributed by atoms with Gasteiger partial charge in [0, 0.05) is 10.9 Å². The van der Waals surface area contributed by atoms with Crippen LogP contribution in [0, 0.1) is 19.8 Å². The molecule has 0 unspecified atom stereocenters. The number of imide groups is 1. The van der Waals surface area contributed by atoms with E-state index in [1.165, 1.54) is 0 Å². The molecule has 2 aromatic rings. The van der Waals surface area contributed by atoms with Crippen molar-refractivity contribution < 1.29 is 19.1 Å². The van der Waals surface area contributed by atoms with Crippen molar-refractivity contribution >= 4 is 28.8 Å². The largest absolute Gasteiger partial charge is 0.447 e. The smallest absolute Gasteiger partial charge is 0.355 e. The Hall–Kier alpha value is -2.83. The number of primary amides is 1. The second-order valence-corrected chi connectivity index (χ2v) is 6.15. The van der Waals surface area contributed by atoms with Crippen LogP contribution in [0.3, 0.4) is 0 Å². The van der Waals surface area contributed by atoms with Crippen LogP contribution in [0.4, 0.5) is 4.79 Å². The zero-order valence-corrected chi connectivity index (χ0v) is 14.1. The molecule has 1 aromatic carbocycles. The van der Waals surface area contributed by atoms with Gasteiger partial charge < -0.3 is 15.5 Å². The number of nitrogens with two attached hydrogens (primary N) is 1. The van der Waals surface area contributed by atoms with Gasteiger partial charge in [-0.25, -0.2) is 9.59 Å². The first kappa shape index (κ1) is 17.5. The van der Waals surface area contributed by atoms with E-state index in [-0.39, 0.29) is 11.6 Å². The number of aromatic amines is 1. The Morgan fingerprint density at radius 1 is 1.17 bits per heavy atom. The van der Waals surface area contributed by atoms with E-state index in [1.807, 2.05) is 31.3 Å². The van der Waals surface area contributed by atoms with Gasteiger partial charge in [0.15, 0.2) is 6.10 Å². The number of hydrogen-bond donors (Lipinski definition) is 3. The molecule has 24 heavy (non-hydrogen) atoms. The molecular weight excluding hydrogens is 310 g/mol. The summed E-state index contributed by atoms with van der Waals surface area (Å²) in [6.07, 6.45) is -1.11. The fourth-order valence-electron chi connectivity index (χ4n) is 2.57.